The molecule has 0 fully saturated rings. The van der Waals surface area contributed by atoms with E-state index in [-0.39, 0.29) is 5.92 Å². The van der Waals surface area contributed by atoms with Gasteiger partial charge in [0.25, 0.3) is 0 Å². The number of carboxylic acids is 1. The van der Waals surface area contributed by atoms with E-state index in [0.717, 1.165) is 25.1 Å². The molecule has 1 aliphatic rings. The summed E-state index contributed by atoms with van der Waals surface area (Å²) in [6, 6.07) is 8.12. The predicted molar refractivity (Wildman–Crippen MR) is 80.3 cm³/mol. The van der Waals surface area contributed by atoms with E-state index in [0.29, 0.717) is 13.0 Å². The van der Waals surface area contributed by atoms with Crippen molar-refractivity contribution in [2.24, 2.45) is 5.92 Å². The molecule has 5 heteroatoms. The number of nitrogens with zero attached hydrogens (tertiary/aromatic N) is 3. The number of benzene rings is 1. The summed E-state index contributed by atoms with van der Waals surface area (Å²) in [5, 5.41) is 9.32. The molecule has 1 atom stereocenters. The number of carboxylic acid groups (broad SMARTS) is 1. The van der Waals surface area contributed by atoms with Gasteiger partial charge in [0, 0.05) is 37.7 Å². The molecule has 2 heterocycles. The molecular formula is C16H19N3O2. The first-order valence-corrected chi connectivity index (χ1v) is 7.25. The molecule has 0 bridgehead atoms. The van der Waals surface area contributed by atoms with Crippen LogP contribution in [0.25, 0.3) is 0 Å². The van der Waals surface area contributed by atoms with E-state index < -0.39 is 5.97 Å². The number of anilines is 1. The van der Waals surface area contributed by atoms with Crippen LogP contribution in [0.2, 0.25) is 0 Å². The van der Waals surface area contributed by atoms with Gasteiger partial charge in [-0.1, -0.05) is 18.2 Å². The molecule has 0 saturated carbocycles. The van der Waals surface area contributed by atoms with Crippen LogP contribution < -0.4 is 4.90 Å². The average Bonchev–Trinajstić information content (AvgIpc) is 3.00. The van der Waals surface area contributed by atoms with Crippen LogP contribution in [0.3, 0.4) is 0 Å². The quantitative estimate of drug-likeness (QED) is 0.913. The third-order valence-corrected chi connectivity index (χ3v) is 3.99. The van der Waals surface area contributed by atoms with Crippen LogP contribution in [0.4, 0.5) is 5.69 Å². The topological polar surface area (TPSA) is 58.4 Å². The SMILES string of the molecule is O=C(O)C1Cc2ccccc2N(CCCn2ccnc2)C1. The smallest absolute Gasteiger partial charge is 0.308 e. The summed E-state index contributed by atoms with van der Waals surface area (Å²) in [5.41, 5.74) is 2.32. The Bertz CT molecular complexity index is 610. The van der Waals surface area contributed by atoms with Crippen molar-refractivity contribution < 1.29 is 9.90 Å². The maximum Gasteiger partial charge on any atom is 0.308 e. The summed E-state index contributed by atoms with van der Waals surface area (Å²) >= 11 is 0. The maximum absolute atomic E-state index is 11.3. The van der Waals surface area contributed by atoms with Crippen molar-refractivity contribution in [2.45, 2.75) is 19.4 Å². The van der Waals surface area contributed by atoms with Gasteiger partial charge in [0.2, 0.25) is 0 Å². The van der Waals surface area contributed by atoms with Crippen LogP contribution >= 0.6 is 0 Å². The van der Waals surface area contributed by atoms with E-state index in [1.165, 1.54) is 5.69 Å². The van der Waals surface area contributed by atoms with Crippen molar-refractivity contribution >= 4 is 11.7 Å². The lowest BCUT2D eigenvalue weighted by Crippen LogP contribution is -2.39. The number of fused-ring (bicyclic) bond motifs is 1. The molecule has 3 rings (SSSR count). The fraction of sp³-hybridized carbons (Fsp3) is 0.375. The molecular weight excluding hydrogens is 266 g/mol. The van der Waals surface area contributed by atoms with Gasteiger partial charge in [-0.05, 0) is 24.5 Å². The van der Waals surface area contributed by atoms with Crippen molar-refractivity contribution in [3.63, 3.8) is 0 Å². The van der Waals surface area contributed by atoms with Gasteiger partial charge in [-0.25, -0.2) is 4.98 Å². The molecule has 1 aliphatic heterocycles. The second-order valence-electron chi connectivity index (χ2n) is 5.47. The fourth-order valence-corrected chi connectivity index (χ4v) is 2.93. The molecule has 0 spiro atoms. The third-order valence-electron chi connectivity index (χ3n) is 3.99. The summed E-state index contributed by atoms with van der Waals surface area (Å²) in [7, 11) is 0. The Morgan fingerprint density at radius 2 is 2.19 bits per heavy atom. The number of hydrogen-bond donors (Lipinski definition) is 1. The summed E-state index contributed by atoms with van der Waals surface area (Å²) in [5.74, 6) is -1.02. The third kappa shape index (κ3) is 3.07. The van der Waals surface area contributed by atoms with Crippen LogP contribution in [0.1, 0.15) is 12.0 Å². The van der Waals surface area contributed by atoms with Crippen molar-refractivity contribution in [1.29, 1.82) is 0 Å². The monoisotopic (exact) mass is 285 g/mol. The summed E-state index contributed by atoms with van der Waals surface area (Å²) < 4.78 is 2.05. The maximum atomic E-state index is 11.3. The first kappa shape index (κ1) is 13.7. The highest BCUT2D eigenvalue weighted by atomic mass is 16.4. The lowest BCUT2D eigenvalue weighted by Gasteiger charge is -2.34. The summed E-state index contributed by atoms with van der Waals surface area (Å²) in [6.45, 7) is 2.35. The minimum Gasteiger partial charge on any atom is -0.481 e. The Morgan fingerprint density at radius 3 is 2.95 bits per heavy atom. The molecule has 1 aromatic carbocycles. The second-order valence-corrected chi connectivity index (χ2v) is 5.47. The molecule has 0 radical (unpaired) electrons. The van der Waals surface area contributed by atoms with Crippen LogP contribution in [-0.4, -0.2) is 33.7 Å². The van der Waals surface area contributed by atoms with Crippen molar-refractivity contribution in [3.05, 3.63) is 48.5 Å². The average molecular weight is 285 g/mol. The summed E-state index contributed by atoms with van der Waals surface area (Å²) in [4.78, 5) is 17.6. The number of aliphatic carboxylic acids is 1. The Morgan fingerprint density at radius 1 is 1.33 bits per heavy atom. The van der Waals surface area contributed by atoms with Gasteiger partial charge >= 0.3 is 5.97 Å². The molecule has 5 nitrogen and oxygen atoms in total. The van der Waals surface area contributed by atoms with Gasteiger partial charge in [-0.2, -0.15) is 0 Å². The van der Waals surface area contributed by atoms with Gasteiger partial charge in [-0.3, -0.25) is 4.79 Å². The fourth-order valence-electron chi connectivity index (χ4n) is 2.93. The second kappa shape index (κ2) is 5.99. The molecule has 0 saturated heterocycles. The number of aromatic nitrogens is 2. The zero-order valence-corrected chi connectivity index (χ0v) is 11.9. The molecule has 1 aromatic heterocycles. The van der Waals surface area contributed by atoms with Crippen LogP contribution in [-0.2, 0) is 17.8 Å². The van der Waals surface area contributed by atoms with E-state index in [1.54, 1.807) is 6.20 Å². The largest absolute Gasteiger partial charge is 0.481 e. The van der Waals surface area contributed by atoms with Gasteiger partial charge in [-0.15, -0.1) is 0 Å². The van der Waals surface area contributed by atoms with E-state index >= 15 is 0 Å². The van der Waals surface area contributed by atoms with Crippen LogP contribution in [0, 0.1) is 5.92 Å². The standard InChI is InChI=1S/C16H19N3O2/c20-16(21)14-10-13-4-1-2-5-15(13)19(11-14)8-3-7-18-9-6-17-12-18/h1-2,4-6,9,12,14H,3,7-8,10-11H2,(H,20,21). The minimum atomic E-state index is -0.705. The van der Waals surface area contributed by atoms with Crippen molar-refractivity contribution in [1.82, 2.24) is 9.55 Å². The van der Waals surface area contributed by atoms with Gasteiger partial charge in [0.1, 0.15) is 0 Å². The molecule has 2 aromatic rings. The highest BCUT2D eigenvalue weighted by Gasteiger charge is 2.28. The van der Waals surface area contributed by atoms with E-state index in [1.807, 2.05) is 35.3 Å². The Labute approximate surface area is 123 Å². The highest BCUT2D eigenvalue weighted by Crippen LogP contribution is 2.29. The van der Waals surface area contributed by atoms with Crippen molar-refractivity contribution in [2.75, 3.05) is 18.0 Å². The van der Waals surface area contributed by atoms with E-state index in [9.17, 15) is 9.90 Å². The zero-order chi connectivity index (χ0) is 14.7. The van der Waals surface area contributed by atoms with E-state index in [2.05, 4.69) is 16.0 Å². The molecule has 0 aliphatic carbocycles. The normalized spacial score (nSPS) is 17.5. The van der Waals surface area contributed by atoms with Gasteiger partial charge < -0.3 is 14.6 Å². The first-order chi connectivity index (χ1) is 10.2. The number of carbonyl (C=O) groups is 1. The number of rotatable bonds is 5. The molecule has 1 N–H and O–H groups in total. The summed E-state index contributed by atoms with van der Waals surface area (Å²) in [6.07, 6.45) is 7.13. The number of para-hydroxylation sites is 1. The highest BCUT2D eigenvalue weighted by molar-refractivity contribution is 5.73. The number of hydrogen-bond acceptors (Lipinski definition) is 3. The predicted octanol–water partition coefficient (Wildman–Crippen LogP) is 2.04. The van der Waals surface area contributed by atoms with Crippen LogP contribution in [0.5, 0.6) is 0 Å². The molecule has 1 unspecified atom stereocenters. The minimum absolute atomic E-state index is 0.312. The Kier molecular flexibility index (Phi) is 3.90. The molecule has 110 valence electrons. The first-order valence-electron chi connectivity index (χ1n) is 7.25. The molecule has 0 amide bonds. The lowest BCUT2D eigenvalue weighted by molar-refractivity contribution is -0.141. The Hall–Kier alpha value is -2.30. The molecule has 21 heavy (non-hydrogen) atoms. The van der Waals surface area contributed by atoms with Crippen molar-refractivity contribution in [3.8, 4) is 0 Å². The van der Waals surface area contributed by atoms with Crippen LogP contribution in [0.15, 0.2) is 43.0 Å². The Balaban J connectivity index is 1.69. The lowest BCUT2D eigenvalue weighted by atomic mass is 9.92. The van der Waals surface area contributed by atoms with Gasteiger partial charge in [0.05, 0.1) is 12.2 Å². The van der Waals surface area contributed by atoms with Gasteiger partial charge in [0.15, 0.2) is 0 Å². The van der Waals surface area contributed by atoms with E-state index in [4.69, 9.17) is 0 Å². The number of imidazole rings is 1. The zero-order valence-electron chi connectivity index (χ0n) is 11.9. The number of aryl methyl sites for hydroxylation is 1.